The van der Waals surface area contributed by atoms with Gasteiger partial charge < -0.3 is 4.57 Å². The van der Waals surface area contributed by atoms with Crippen molar-refractivity contribution in [3.8, 4) is 0 Å². The van der Waals surface area contributed by atoms with Crippen molar-refractivity contribution in [1.29, 1.82) is 0 Å². The van der Waals surface area contributed by atoms with Crippen LogP contribution in [0.4, 0.5) is 0 Å². The quantitative estimate of drug-likeness (QED) is 0.568. The molecule has 1 fully saturated rings. The Kier molecular flexibility index (Phi) is 6.69. The highest BCUT2D eigenvalue weighted by Gasteiger charge is 2.26. The second kappa shape index (κ2) is 9.01. The summed E-state index contributed by atoms with van der Waals surface area (Å²) in [6, 6.07) is 4.41. The van der Waals surface area contributed by atoms with Crippen LogP contribution in [0, 0.1) is 25.7 Å². The van der Waals surface area contributed by atoms with Crippen molar-refractivity contribution in [3.63, 3.8) is 0 Å². The molecule has 27 heavy (non-hydrogen) atoms. The van der Waals surface area contributed by atoms with Crippen LogP contribution in [-0.2, 0) is 11.3 Å². The van der Waals surface area contributed by atoms with E-state index in [9.17, 15) is 4.79 Å². The monoisotopic (exact) mass is 384 g/mol. The van der Waals surface area contributed by atoms with Gasteiger partial charge in [0.05, 0.1) is 10.2 Å². The van der Waals surface area contributed by atoms with Crippen molar-refractivity contribution < 1.29 is 4.79 Å². The zero-order valence-electron chi connectivity index (χ0n) is 17.0. The lowest BCUT2D eigenvalue weighted by atomic mass is 9.79. The highest BCUT2D eigenvalue weighted by Crippen LogP contribution is 2.32. The normalized spacial score (nSPS) is 20.9. The smallest absolute Gasteiger partial charge is 0.251 e. The van der Waals surface area contributed by atoms with Crippen LogP contribution in [0.1, 0.15) is 63.0 Å². The molecule has 0 atom stereocenters. The highest BCUT2D eigenvalue weighted by atomic mass is 32.1. The van der Waals surface area contributed by atoms with E-state index in [4.69, 9.17) is 0 Å². The molecule has 1 aliphatic carbocycles. The SMILES string of the molecule is C=CCn1c(=NC(=O)C2CCC(CCCC)CC2)sc2cc(C)c(C)cc21. The van der Waals surface area contributed by atoms with E-state index in [0.29, 0.717) is 6.54 Å². The fraction of sp³-hybridized carbons (Fsp3) is 0.565. The minimum atomic E-state index is 0.0711. The molecule has 0 aliphatic heterocycles. The molecule has 146 valence electrons. The Labute approximate surface area is 166 Å². The van der Waals surface area contributed by atoms with Crippen LogP contribution in [0.2, 0.25) is 0 Å². The molecule has 0 saturated heterocycles. The van der Waals surface area contributed by atoms with Crippen molar-refractivity contribution in [2.75, 3.05) is 0 Å². The van der Waals surface area contributed by atoms with Gasteiger partial charge in [-0.25, -0.2) is 0 Å². The Morgan fingerprint density at radius 3 is 2.63 bits per heavy atom. The molecular weight excluding hydrogens is 352 g/mol. The van der Waals surface area contributed by atoms with E-state index in [1.54, 1.807) is 11.3 Å². The summed E-state index contributed by atoms with van der Waals surface area (Å²) in [5, 5.41) is 0. The van der Waals surface area contributed by atoms with Gasteiger partial charge >= 0.3 is 0 Å². The standard InChI is InChI=1S/C23H32N2OS/c1-5-7-8-18-9-11-19(12-10-18)22(26)24-23-25(13-6-2)20-14-16(3)17(4)15-21(20)27-23/h6,14-15,18-19H,2,5,7-13H2,1,3-4H3. The molecule has 1 aromatic heterocycles. The van der Waals surface area contributed by atoms with Crippen molar-refractivity contribution in [1.82, 2.24) is 4.57 Å². The fourth-order valence-corrected chi connectivity index (χ4v) is 5.21. The Morgan fingerprint density at radius 2 is 1.96 bits per heavy atom. The predicted molar refractivity (Wildman–Crippen MR) is 115 cm³/mol. The average molecular weight is 385 g/mol. The van der Waals surface area contributed by atoms with Crippen molar-refractivity contribution in [2.45, 2.75) is 72.3 Å². The van der Waals surface area contributed by atoms with Crippen LogP contribution in [0.25, 0.3) is 10.2 Å². The molecule has 0 unspecified atom stereocenters. The molecule has 4 heteroatoms. The lowest BCUT2D eigenvalue weighted by molar-refractivity contribution is -0.123. The van der Waals surface area contributed by atoms with Crippen LogP contribution in [-0.4, -0.2) is 10.5 Å². The summed E-state index contributed by atoms with van der Waals surface area (Å²) in [7, 11) is 0. The average Bonchev–Trinajstić information content (AvgIpc) is 2.97. The Morgan fingerprint density at radius 1 is 1.26 bits per heavy atom. The van der Waals surface area contributed by atoms with Gasteiger partial charge in [-0.05, 0) is 68.7 Å². The first-order valence-electron chi connectivity index (χ1n) is 10.3. The first kappa shape index (κ1) is 20.1. The molecule has 0 bridgehead atoms. The number of carbonyl (C=O) groups excluding carboxylic acids is 1. The molecule has 1 amide bonds. The number of nitrogens with zero attached hydrogens (tertiary/aromatic N) is 2. The lowest BCUT2D eigenvalue weighted by Gasteiger charge is -2.26. The predicted octanol–water partition coefficient (Wildman–Crippen LogP) is 5.93. The largest absolute Gasteiger partial charge is 0.312 e. The lowest BCUT2D eigenvalue weighted by Crippen LogP contribution is -2.24. The number of rotatable bonds is 6. The number of unbranched alkanes of at least 4 members (excludes halogenated alkanes) is 1. The Bertz CT molecular complexity index is 882. The number of fused-ring (bicyclic) bond motifs is 1. The fourth-order valence-electron chi connectivity index (χ4n) is 4.09. The van der Waals surface area contributed by atoms with Crippen LogP contribution in [0.5, 0.6) is 0 Å². The molecule has 0 radical (unpaired) electrons. The zero-order valence-corrected chi connectivity index (χ0v) is 17.8. The maximum atomic E-state index is 12.9. The van der Waals surface area contributed by atoms with Crippen molar-refractivity contribution in [3.05, 3.63) is 40.7 Å². The van der Waals surface area contributed by atoms with Gasteiger partial charge in [-0.15, -0.1) is 6.58 Å². The van der Waals surface area contributed by atoms with Gasteiger partial charge in [-0.1, -0.05) is 43.6 Å². The number of carbonyl (C=O) groups is 1. The third kappa shape index (κ3) is 4.60. The number of thiazole rings is 1. The van der Waals surface area contributed by atoms with E-state index in [1.807, 2.05) is 6.08 Å². The summed E-state index contributed by atoms with van der Waals surface area (Å²) in [6.45, 7) is 11.1. The van der Waals surface area contributed by atoms with Gasteiger partial charge in [0.1, 0.15) is 0 Å². The molecule has 3 nitrogen and oxygen atoms in total. The summed E-state index contributed by atoms with van der Waals surface area (Å²) in [5.74, 6) is 0.991. The third-order valence-corrected chi connectivity index (χ3v) is 7.02. The van der Waals surface area contributed by atoms with Gasteiger partial charge in [-0.2, -0.15) is 4.99 Å². The van der Waals surface area contributed by atoms with E-state index in [2.05, 4.69) is 49.0 Å². The molecule has 0 N–H and O–H groups in total. The van der Waals surface area contributed by atoms with Crippen LogP contribution < -0.4 is 4.80 Å². The summed E-state index contributed by atoms with van der Waals surface area (Å²) in [5.41, 5.74) is 3.69. The van der Waals surface area contributed by atoms with Crippen LogP contribution >= 0.6 is 11.3 Å². The van der Waals surface area contributed by atoms with E-state index in [0.717, 1.165) is 29.1 Å². The van der Waals surface area contributed by atoms with E-state index >= 15 is 0 Å². The van der Waals surface area contributed by atoms with E-state index in [1.165, 1.54) is 47.9 Å². The zero-order chi connectivity index (χ0) is 19.4. The molecule has 2 aromatic rings. The second-order valence-electron chi connectivity index (χ2n) is 8.00. The summed E-state index contributed by atoms with van der Waals surface area (Å²) in [4.78, 5) is 18.2. The first-order valence-corrected chi connectivity index (χ1v) is 11.1. The van der Waals surface area contributed by atoms with E-state index in [-0.39, 0.29) is 11.8 Å². The Balaban J connectivity index is 1.84. The minimum absolute atomic E-state index is 0.0711. The molecular formula is C23H32N2OS. The summed E-state index contributed by atoms with van der Waals surface area (Å²) < 4.78 is 3.32. The number of benzene rings is 1. The molecule has 1 aromatic carbocycles. The number of hydrogen-bond donors (Lipinski definition) is 0. The molecule has 1 aliphatic rings. The van der Waals surface area contributed by atoms with Gasteiger partial charge in [0, 0.05) is 12.5 Å². The van der Waals surface area contributed by atoms with Crippen molar-refractivity contribution in [2.24, 2.45) is 16.8 Å². The second-order valence-corrected chi connectivity index (χ2v) is 9.01. The van der Waals surface area contributed by atoms with Crippen LogP contribution in [0.3, 0.4) is 0 Å². The molecule has 0 spiro atoms. The van der Waals surface area contributed by atoms with Gasteiger partial charge in [0.15, 0.2) is 4.80 Å². The van der Waals surface area contributed by atoms with Gasteiger partial charge in [0.25, 0.3) is 5.91 Å². The number of amides is 1. The summed E-state index contributed by atoms with van der Waals surface area (Å²) >= 11 is 1.62. The number of aryl methyl sites for hydroxylation is 2. The van der Waals surface area contributed by atoms with Gasteiger partial charge in [0.2, 0.25) is 0 Å². The first-order chi connectivity index (χ1) is 13.0. The topological polar surface area (TPSA) is 34.4 Å². The minimum Gasteiger partial charge on any atom is -0.312 e. The number of aromatic nitrogens is 1. The highest BCUT2D eigenvalue weighted by molar-refractivity contribution is 7.16. The number of hydrogen-bond acceptors (Lipinski definition) is 2. The maximum Gasteiger partial charge on any atom is 0.251 e. The number of allylic oxidation sites excluding steroid dienone is 1. The Hall–Kier alpha value is -1.68. The summed E-state index contributed by atoms with van der Waals surface area (Å²) in [6.07, 6.45) is 10.2. The van der Waals surface area contributed by atoms with Gasteiger partial charge in [-0.3, -0.25) is 4.79 Å². The molecule has 3 rings (SSSR count). The maximum absolute atomic E-state index is 12.9. The van der Waals surface area contributed by atoms with Crippen molar-refractivity contribution >= 4 is 27.5 Å². The molecule has 1 heterocycles. The third-order valence-electron chi connectivity index (χ3n) is 5.98. The molecule has 1 saturated carbocycles. The van der Waals surface area contributed by atoms with E-state index < -0.39 is 0 Å². The van der Waals surface area contributed by atoms with Crippen LogP contribution in [0.15, 0.2) is 29.8 Å².